The largest absolute Gasteiger partial charge is 0.342 e. The number of amides is 2. The third-order valence-electron chi connectivity index (χ3n) is 2.54. The standard InChI is InChI=1S/C14H11Cl2N3O2S/c15-10-3-1-4-11(16)9(10)7-18-19-13(20)8-17-14(21)12-5-2-6-22-12/h1-7H,8H2,(H,17,21)(H,19,20)/b18-7+. The van der Waals surface area contributed by atoms with Crippen molar-refractivity contribution in [1.82, 2.24) is 10.7 Å². The molecule has 1 heterocycles. The molecule has 0 fully saturated rings. The van der Waals surface area contributed by atoms with Crippen molar-refractivity contribution in [3.8, 4) is 0 Å². The van der Waals surface area contributed by atoms with Crippen molar-refractivity contribution in [3.05, 3.63) is 56.2 Å². The molecule has 2 aromatic rings. The molecule has 8 heteroatoms. The zero-order chi connectivity index (χ0) is 15.9. The first-order valence-electron chi connectivity index (χ1n) is 6.15. The molecule has 2 N–H and O–H groups in total. The van der Waals surface area contributed by atoms with Crippen molar-refractivity contribution < 1.29 is 9.59 Å². The number of benzene rings is 1. The Labute approximate surface area is 140 Å². The van der Waals surface area contributed by atoms with Crippen molar-refractivity contribution in [1.29, 1.82) is 0 Å². The zero-order valence-electron chi connectivity index (χ0n) is 11.2. The first-order valence-corrected chi connectivity index (χ1v) is 7.79. The number of thiophene rings is 1. The first-order chi connectivity index (χ1) is 10.6. The van der Waals surface area contributed by atoms with Gasteiger partial charge in [-0.15, -0.1) is 11.3 Å². The summed E-state index contributed by atoms with van der Waals surface area (Å²) in [6.45, 7) is -0.176. The van der Waals surface area contributed by atoms with E-state index in [1.807, 2.05) is 0 Å². The molecule has 0 aliphatic heterocycles. The summed E-state index contributed by atoms with van der Waals surface area (Å²) >= 11 is 13.2. The van der Waals surface area contributed by atoms with Gasteiger partial charge in [0.05, 0.1) is 27.7 Å². The molecule has 1 aromatic heterocycles. The van der Waals surface area contributed by atoms with E-state index in [2.05, 4.69) is 15.8 Å². The Morgan fingerprint density at radius 1 is 1.18 bits per heavy atom. The quantitative estimate of drug-likeness (QED) is 0.639. The Bertz CT molecular complexity index is 682. The van der Waals surface area contributed by atoms with Gasteiger partial charge in [0.15, 0.2) is 0 Å². The van der Waals surface area contributed by atoms with E-state index in [0.717, 1.165) is 0 Å². The molecule has 0 spiro atoms. The van der Waals surface area contributed by atoms with Crippen LogP contribution in [0.25, 0.3) is 0 Å². The van der Waals surface area contributed by atoms with Crippen LogP contribution in [-0.4, -0.2) is 24.6 Å². The third kappa shape index (κ3) is 4.56. The first kappa shape index (κ1) is 16.5. The maximum atomic E-state index is 11.6. The van der Waals surface area contributed by atoms with Crippen molar-refractivity contribution in [2.24, 2.45) is 5.10 Å². The Kier molecular flexibility index (Phi) is 5.94. The fourth-order valence-electron chi connectivity index (χ4n) is 1.50. The molecule has 0 aliphatic carbocycles. The molecule has 2 amide bonds. The van der Waals surface area contributed by atoms with Crippen LogP contribution in [0.4, 0.5) is 0 Å². The Morgan fingerprint density at radius 3 is 2.55 bits per heavy atom. The molecule has 114 valence electrons. The highest BCUT2D eigenvalue weighted by Gasteiger charge is 2.08. The van der Waals surface area contributed by atoms with Crippen LogP contribution >= 0.6 is 34.5 Å². The van der Waals surface area contributed by atoms with Crippen molar-refractivity contribution in [3.63, 3.8) is 0 Å². The van der Waals surface area contributed by atoms with Gasteiger partial charge in [-0.1, -0.05) is 35.3 Å². The highest BCUT2D eigenvalue weighted by molar-refractivity contribution is 7.12. The average molecular weight is 356 g/mol. The molecule has 0 aliphatic rings. The third-order valence-corrected chi connectivity index (χ3v) is 4.06. The van der Waals surface area contributed by atoms with E-state index in [1.54, 1.807) is 35.7 Å². The lowest BCUT2D eigenvalue weighted by Gasteiger charge is -2.03. The van der Waals surface area contributed by atoms with E-state index in [1.165, 1.54) is 17.6 Å². The second kappa shape index (κ2) is 7.93. The van der Waals surface area contributed by atoms with Crippen LogP contribution < -0.4 is 10.7 Å². The normalized spacial score (nSPS) is 10.6. The monoisotopic (exact) mass is 355 g/mol. The van der Waals surface area contributed by atoms with Gasteiger partial charge >= 0.3 is 0 Å². The lowest BCUT2D eigenvalue weighted by Crippen LogP contribution is -2.34. The molecule has 2 rings (SSSR count). The summed E-state index contributed by atoms with van der Waals surface area (Å²) in [5, 5.41) is 8.89. The van der Waals surface area contributed by atoms with Gasteiger partial charge in [-0.2, -0.15) is 5.10 Å². The minimum atomic E-state index is -0.454. The topological polar surface area (TPSA) is 70.6 Å². The Balaban J connectivity index is 1.83. The second-order valence-corrected chi connectivity index (χ2v) is 5.85. The molecule has 0 bridgehead atoms. The molecular formula is C14H11Cl2N3O2S. The molecule has 0 radical (unpaired) electrons. The minimum Gasteiger partial charge on any atom is -0.342 e. The van der Waals surface area contributed by atoms with Gasteiger partial charge in [0.1, 0.15) is 0 Å². The molecule has 22 heavy (non-hydrogen) atoms. The van der Waals surface area contributed by atoms with E-state index in [-0.39, 0.29) is 12.5 Å². The average Bonchev–Trinajstić information content (AvgIpc) is 3.02. The number of hydrogen-bond acceptors (Lipinski definition) is 4. The van der Waals surface area contributed by atoms with Crippen LogP contribution in [0.1, 0.15) is 15.2 Å². The summed E-state index contributed by atoms with van der Waals surface area (Å²) in [5.41, 5.74) is 2.80. The van der Waals surface area contributed by atoms with Crippen LogP contribution in [0, 0.1) is 0 Å². The minimum absolute atomic E-state index is 0.176. The Morgan fingerprint density at radius 2 is 1.91 bits per heavy atom. The van der Waals surface area contributed by atoms with Gasteiger partial charge in [0.25, 0.3) is 11.8 Å². The number of carbonyl (C=O) groups excluding carboxylic acids is 2. The number of nitrogens with zero attached hydrogens (tertiary/aromatic N) is 1. The van der Waals surface area contributed by atoms with Crippen LogP contribution in [-0.2, 0) is 4.79 Å². The maximum Gasteiger partial charge on any atom is 0.261 e. The summed E-state index contributed by atoms with van der Waals surface area (Å²) in [7, 11) is 0. The highest BCUT2D eigenvalue weighted by atomic mass is 35.5. The summed E-state index contributed by atoms with van der Waals surface area (Å²) < 4.78 is 0. The fraction of sp³-hybridized carbons (Fsp3) is 0.0714. The molecule has 0 unspecified atom stereocenters. The van der Waals surface area contributed by atoms with Gasteiger partial charge in [0, 0.05) is 5.56 Å². The predicted molar refractivity (Wildman–Crippen MR) is 88.9 cm³/mol. The van der Waals surface area contributed by atoms with E-state index in [9.17, 15) is 9.59 Å². The number of nitrogens with one attached hydrogen (secondary N) is 2. The predicted octanol–water partition coefficient (Wildman–Crippen LogP) is 2.94. The van der Waals surface area contributed by atoms with Gasteiger partial charge in [-0.3, -0.25) is 9.59 Å². The van der Waals surface area contributed by atoms with Gasteiger partial charge in [-0.05, 0) is 23.6 Å². The number of hydrazone groups is 1. The van der Waals surface area contributed by atoms with Gasteiger partial charge < -0.3 is 5.32 Å². The number of halogens is 2. The summed E-state index contributed by atoms with van der Waals surface area (Å²) in [5.74, 6) is -0.757. The highest BCUT2D eigenvalue weighted by Crippen LogP contribution is 2.21. The van der Waals surface area contributed by atoms with Crippen LogP contribution in [0.5, 0.6) is 0 Å². The lowest BCUT2D eigenvalue weighted by atomic mass is 10.2. The van der Waals surface area contributed by atoms with Crippen molar-refractivity contribution >= 4 is 52.6 Å². The second-order valence-electron chi connectivity index (χ2n) is 4.09. The fourth-order valence-corrected chi connectivity index (χ4v) is 2.63. The maximum absolute atomic E-state index is 11.6. The van der Waals surface area contributed by atoms with Crippen molar-refractivity contribution in [2.75, 3.05) is 6.54 Å². The number of rotatable bonds is 5. The summed E-state index contributed by atoms with van der Waals surface area (Å²) in [6, 6.07) is 8.48. The van der Waals surface area contributed by atoms with Crippen molar-refractivity contribution in [2.45, 2.75) is 0 Å². The number of hydrogen-bond donors (Lipinski definition) is 2. The molecule has 5 nitrogen and oxygen atoms in total. The molecule has 0 saturated heterocycles. The Hall–Kier alpha value is -1.89. The van der Waals surface area contributed by atoms with E-state index in [4.69, 9.17) is 23.2 Å². The number of carbonyl (C=O) groups is 2. The smallest absolute Gasteiger partial charge is 0.261 e. The van der Waals surface area contributed by atoms with Crippen LogP contribution in [0.15, 0.2) is 40.8 Å². The molecule has 0 atom stereocenters. The molecule has 1 aromatic carbocycles. The van der Waals surface area contributed by atoms with Gasteiger partial charge in [-0.25, -0.2) is 5.43 Å². The van der Waals surface area contributed by atoms with Crippen LogP contribution in [0.2, 0.25) is 10.0 Å². The van der Waals surface area contributed by atoms with E-state index < -0.39 is 5.91 Å². The van der Waals surface area contributed by atoms with E-state index >= 15 is 0 Å². The van der Waals surface area contributed by atoms with Gasteiger partial charge in [0.2, 0.25) is 0 Å². The molecule has 0 saturated carbocycles. The molecular weight excluding hydrogens is 345 g/mol. The zero-order valence-corrected chi connectivity index (χ0v) is 13.5. The summed E-state index contributed by atoms with van der Waals surface area (Å²) in [6.07, 6.45) is 1.35. The van der Waals surface area contributed by atoms with E-state index in [0.29, 0.717) is 20.5 Å². The summed E-state index contributed by atoms with van der Waals surface area (Å²) in [4.78, 5) is 23.8. The van der Waals surface area contributed by atoms with Crippen LogP contribution in [0.3, 0.4) is 0 Å². The SMILES string of the molecule is O=C(CNC(=O)c1cccs1)N/N=C/c1c(Cl)cccc1Cl. The lowest BCUT2D eigenvalue weighted by molar-refractivity contribution is -0.120.